The highest BCUT2D eigenvalue weighted by Gasteiger charge is 2.35. The van der Waals surface area contributed by atoms with Crippen molar-refractivity contribution in [3.63, 3.8) is 0 Å². The molecule has 3 aliphatic rings. The van der Waals surface area contributed by atoms with Crippen LogP contribution in [0.5, 0.6) is 0 Å². The van der Waals surface area contributed by atoms with Gasteiger partial charge in [-0.2, -0.15) is 0 Å². The van der Waals surface area contributed by atoms with Gasteiger partial charge in [0.2, 0.25) is 0 Å². The van der Waals surface area contributed by atoms with Gasteiger partial charge >= 0.3 is 0 Å². The Morgan fingerprint density at radius 3 is 2.55 bits per heavy atom. The van der Waals surface area contributed by atoms with Crippen molar-refractivity contribution < 1.29 is 0 Å². The first-order valence-corrected chi connectivity index (χ1v) is 13.6. The second-order valence-corrected chi connectivity index (χ2v) is 11.5. The standard InChI is InChI=1S/C26H48N4S/c1-6-21(5)25-27-16-23(28-25)9-7-8-14-29-18-24(15-19(2)3)30(26(29)31)17-22-12-10-20(4)11-13-22/h19-24H,6-18H2,1-5H3,(H,27,28)/t20?,21?,22?,23-,24+/m0/s1. The molecule has 1 saturated heterocycles. The summed E-state index contributed by atoms with van der Waals surface area (Å²) in [4.78, 5) is 10.1. The Morgan fingerprint density at radius 2 is 1.87 bits per heavy atom. The molecule has 3 atom stereocenters. The van der Waals surface area contributed by atoms with Crippen LogP contribution in [-0.4, -0.2) is 59.0 Å². The van der Waals surface area contributed by atoms with Crippen LogP contribution >= 0.6 is 12.2 Å². The molecular weight excluding hydrogens is 400 g/mol. The highest BCUT2D eigenvalue weighted by Crippen LogP contribution is 2.32. The molecule has 1 N–H and O–H groups in total. The molecule has 0 aromatic heterocycles. The van der Waals surface area contributed by atoms with Crippen molar-refractivity contribution in [2.75, 3.05) is 26.2 Å². The summed E-state index contributed by atoms with van der Waals surface area (Å²) in [7, 11) is 0. The van der Waals surface area contributed by atoms with Crippen molar-refractivity contribution in [3.8, 4) is 0 Å². The van der Waals surface area contributed by atoms with Gasteiger partial charge < -0.3 is 15.1 Å². The Balaban J connectivity index is 1.45. The number of hydrogen-bond donors (Lipinski definition) is 1. The molecule has 178 valence electrons. The molecule has 2 fully saturated rings. The summed E-state index contributed by atoms with van der Waals surface area (Å²) in [5.74, 6) is 4.30. The quantitative estimate of drug-likeness (QED) is 0.324. The molecule has 0 bridgehead atoms. The van der Waals surface area contributed by atoms with Crippen molar-refractivity contribution in [1.29, 1.82) is 0 Å². The highest BCUT2D eigenvalue weighted by atomic mass is 32.1. The highest BCUT2D eigenvalue weighted by molar-refractivity contribution is 7.80. The largest absolute Gasteiger partial charge is 0.371 e. The van der Waals surface area contributed by atoms with Gasteiger partial charge in [0.15, 0.2) is 5.11 Å². The van der Waals surface area contributed by atoms with Gasteiger partial charge in [-0.3, -0.25) is 4.99 Å². The third-order valence-electron chi connectivity index (χ3n) is 7.86. The molecule has 2 aliphatic heterocycles. The molecule has 0 radical (unpaired) electrons. The fraction of sp³-hybridized carbons (Fsp3) is 0.923. The molecule has 4 nitrogen and oxygen atoms in total. The summed E-state index contributed by atoms with van der Waals surface area (Å²) in [5, 5.41) is 4.67. The monoisotopic (exact) mass is 448 g/mol. The van der Waals surface area contributed by atoms with Crippen molar-refractivity contribution in [1.82, 2.24) is 15.1 Å². The Morgan fingerprint density at radius 1 is 1.13 bits per heavy atom. The van der Waals surface area contributed by atoms with Gasteiger partial charge in [-0.15, -0.1) is 0 Å². The van der Waals surface area contributed by atoms with E-state index in [1.807, 2.05) is 0 Å². The lowest BCUT2D eigenvalue weighted by Gasteiger charge is -2.33. The molecule has 3 rings (SSSR count). The maximum Gasteiger partial charge on any atom is 0.171 e. The van der Waals surface area contributed by atoms with Crippen LogP contribution in [0, 0.1) is 23.7 Å². The number of hydrogen-bond acceptors (Lipinski definition) is 3. The summed E-state index contributed by atoms with van der Waals surface area (Å²) in [6, 6.07) is 1.10. The maximum atomic E-state index is 6.02. The van der Waals surface area contributed by atoms with E-state index in [2.05, 4.69) is 49.7 Å². The molecule has 0 amide bonds. The fourth-order valence-corrected chi connectivity index (χ4v) is 5.96. The average molecular weight is 449 g/mol. The Hall–Kier alpha value is -0.840. The normalized spacial score (nSPS) is 30.1. The minimum Gasteiger partial charge on any atom is -0.371 e. The van der Waals surface area contributed by atoms with Crippen molar-refractivity contribution in [2.45, 2.75) is 104 Å². The van der Waals surface area contributed by atoms with E-state index in [1.54, 1.807) is 0 Å². The lowest BCUT2D eigenvalue weighted by Crippen LogP contribution is -2.40. The molecule has 1 saturated carbocycles. The van der Waals surface area contributed by atoms with Gasteiger partial charge in [-0.1, -0.05) is 47.5 Å². The molecule has 0 aromatic rings. The van der Waals surface area contributed by atoms with Crippen LogP contribution < -0.4 is 5.32 Å². The molecular formula is C26H48N4S. The molecule has 2 heterocycles. The summed E-state index contributed by atoms with van der Waals surface area (Å²) in [6.45, 7) is 16.1. The second kappa shape index (κ2) is 11.9. The van der Waals surface area contributed by atoms with Crippen LogP contribution in [0.1, 0.15) is 92.4 Å². The third-order valence-corrected chi connectivity index (χ3v) is 8.35. The molecule has 31 heavy (non-hydrogen) atoms. The van der Waals surface area contributed by atoms with Crippen LogP contribution in [0.15, 0.2) is 4.99 Å². The van der Waals surface area contributed by atoms with E-state index in [0.717, 1.165) is 42.5 Å². The smallest absolute Gasteiger partial charge is 0.171 e. The maximum absolute atomic E-state index is 6.02. The van der Waals surface area contributed by atoms with Crippen molar-refractivity contribution >= 4 is 23.2 Å². The SMILES string of the molecule is CCC(C)C1=N[C@@H](CCCCN2C[C@@H](CC(C)C)N(CC3CCC(C)CC3)C2=S)CN1. The van der Waals surface area contributed by atoms with Gasteiger partial charge in [0.05, 0.1) is 11.9 Å². The van der Waals surface area contributed by atoms with Crippen LogP contribution in [0.25, 0.3) is 0 Å². The Kier molecular flexibility index (Phi) is 9.48. The van der Waals surface area contributed by atoms with Gasteiger partial charge in [-0.05, 0) is 74.9 Å². The zero-order valence-corrected chi connectivity index (χ0v) is 21.7. The number of nitrogens with zero attached hydrogens (tertiary/aromatic N) is 3. The number of rotatable bonds is 11. The predicted molar refractivity (Wildman–Crippen MR) is 138 cm³/mol. The van der Waals surface area contributed by atoms with E-state index in [4.69, 9.17) is 17.2 Å². The summed E-state index contributed by atoms with van der Waals surface area (Å²) in [6.07, 6.45) is 11.7. The van der Waals surface area contributed by atoms with Crippen LogP contribution in [-0.2, 0) is 0 Å². The Bertz CT molecular complexity index is 596. The van der Waals surface area contributed by atoms with Gasteiger partial charge in [0, 0.05) is 38.1 Å². The molecule has 5 heteroatoms. The van der Waals surface area contributed by atoms with Crippen molar-refractivity contribution in [3.05, 3.63) is 0 Å². The van der Waals surface area contributed by atoms with Crippen LogP contribution in [0.3, 0.4) is 0 Å². The first-order chi connectivity index (χ1) is 14.9. The van der Waals surface area contributed by atoms with E-state index in [-0.39, 0.29) is 0 Å². The zero-order valence-electron chi connectivity index (χ0n) is 20.9. The number of amidine groups is 1. The molecule has 0 spiro atoms. The minimum atomic E-state index is 0.480. The molecule has 1 unspecified atom stereocenters. The van der Waals surface area contributed by atoms with E-state index < -0.39 is 0 Å². The average Bonchev–Trinajstić information content (AvgIpc) is 3.32. The minimum absolute atomic E-state index is 0.480. The lowest BCUT2D eigenvalue weighted by molar-refractivity contribution is 0.210. The predicted octanol–water partition coefficient (Wildman–Crippen LogP) is 5.72. The lowest BCUT2D eigenvalue weighted by atomic mass is 9.82. The number of thiocarbonyl (C=S) groups is 1. The van der Waals surface area contributed by atoms with Gasteiger partial charge in [-0.25, -0.2) is 0 Å². The number of aliphatic imine (C=N–C) groups is 1. The fourth-order valence-electron chi connectivity index (χ4n) is 5.57. The van der Waals surface area contributed by atoms with E-state index in [9.17, 15) is 0 Å². The topological polar surface area (TPSA) is 30.9 Å². The molecule has 0 aromatic carbocycles. The molecule has 1 aliphatic carbocycles. The van der Waals surface area contributed by atoms with E-state index >= 15 is 0 Å². The third kappa shape index (κ3) is 7.07. The Labute approximate surface area is 197 Å². The summed E-state index contributed by atoms with van der Waals surface area (Å²) in [5.41, 5.74) is 0. The van der Waals surface area contributed by atoms with Crippen molar-refractivity contribution in [2.24, 2.45) is 28.7 Å². The second-order valence-electron chi connectivity index (χ2n) is 11.1. The van der Waals surface area contributed by atoms with Crippen LogP contribution in [0.4, 0.5) is 0 Å². The summed E-state index contributed by atoms with van der Waals surface area (Å²) >= 11 is 6.02. The first kappa shape index (κ1) is 24.8. The van der Waals surface area contributed by atoms with Gasteiger partial charge in [0.1, 0.15) is 0 Å². The number of nitrogens with one attached hydrogen (secondary N) is 1. The van der Waals surface area contributed by atoms with E-state index in [0.29, 0.717) is 18.0 Å². The first-order valence-electron chi connectivity index (χ1n) is 13.2. The zero-order chi connectivity index (χ0) is 22.4. The summed E-state index contributed by atoms with van der Waals surface area (Å²) < 4.78 is 0. The van der Waals surface area contributed by atoms with Crippen LogP contribution in [0.2, 0.25) is 0 Å². The van der Waals surface area contributed by atoms with E-state index in [1.165, 1.54) is 70.2 Å². The van der Waals surface area contributed by atoms with Gasteiger partial charge in [0.25, 0.3) is 0 Å². The number of unbranched alkanes of at least 4 members (excludes halogenated alkanes) is 1.